The zero-order valence-corrected chi connectivity index (χ0v) is 14.2. The second-order valence-corrected chi connectivity index (χ2v) is 6.48. The molecular formula is C19H20N2OS. The predicted molar refractivity (Wildman–Crippen MR) is 96.4 cm³/mol. The highest BCUT2D eigenvalue weighted by atomic mass is 32.2. The average Bonchev–Trinajstić information content (AvgIpc) is 2.56. The summed E-state index contributed by atoms with van der Waals surface area (Å²) in [5.74, 6) is 1.25. The van der Waals surface area contributed by atoms with E-state index in [1.54, 1.807) is 17.8 Å². The van der Waals surface area contributed by atoms with E-state index in [-0.39, 0.29) is 11.9 Å². The highest BCUT2D eigenvalue weighted by Gasteiger charge is 2.18. The molecule has 0 spiro atoms. The van der Waals surface area contributed by atoms with Crippen LogP contribution < -0.4 is 4.90 Å². The number of benzene rings is 2. The zero-order chi connectivity index (χ0) is 16.7. The number of rotatable bonds is 6. The molecular weight excluding hydrogens is 304 g/mol. The Hall–Kier alpha value is -2.25. The highest BCUT2D eigenvalue weighted by molar-refractivity contribution is 7.99. The van der Waals surface area contributed by atoms with Crippen LogP contribution in [0.25, 0.3) is 0 Å². The van der Waals surface area contributed by atoms with E-state index in [0.717, 1.165) is 17.0 Å². The Balaban J connectivity index is 1.96. The lowest BCUT2D eigenvalue weighted by Crippen LogP contribution is -2.38. The van der Waals surface area contributed by atoms with Gasteiger partial charge in [-0.15, -0.1) is 11.8 Å². The van der Waals surface area contributed by atoms with E-state index in [4.69, 9.17) is 5.26 Å². The molecule has 2 rings (SSSR count). The molecule has 0 aliphatic heterocycles. The standard InChI is InChI=1S/C19H20N2OS/c1-15(2)21(18-9-4-3-5-10-18)19(22)14-23-13-17-8-6-7-16(11-17)12-20/h3-11,15H,13-14H2,1-2H3. The summed E-state index contributed by atoms with van der Waals surface area (Å²) in [5, 5.41) is 8.92. The summed E-state index contributed by atoms with van der Waals surface area (Å²) < 4.78 is 0. The summed E-state index contributed by atoms with van der Waals surface area (Å²) in [6, 6.07) is 19.5. The molecule has 2 aromatic rings. The minimum Gasteiger partial charge on any atom is -0.309 e. The average molecular weight is 324 g/mol. The number of thioether (sulfide) groups is 1. The van der Waals surface area contributed by atoms with Gasteiger partial charge in [0, 0.05) is 17.5 Å². The maximum Gasteiger partial charge on any atom is 0.237 e. The van der Waals surface area contributed by atoms with E-state index in [9.17, 15) is 4.79 Å². The van der Waals surface area contributed by atoms with Crippen LogP contribution in [-0.4, -0.2) is 17.7 Å². The maximum atomic E-state index is 12.6. The lowest BCUT2D eigenvalue weighted by atomic mass is 10.2. The first kappa shape index (κ1) is 17.1. The van der Waals surface area contributed by atoms with Crippen LogP contribution in [-0.2, 0) is 10.5 Å². The third-order valence-corrected chi connectivity index (χ3v) is 4.36. The molecule has 1 amide bonds. The number of amides is 1. The van der Waals surface area contributed by atoms with Crippen molar-refractivity contribution >= 4 is 23.4 Å². The third kappa shape index (κ3) is 4.87. The lowest BCUT2D eigenvalue weighted by Gasteiger charge is -2.26. The molecule has 0 aliphatic rings. The third-order valence-electron chi connectivity index (χ3n) is 3.37. The fourth-order valence-corrected chi connectivity index (χ4v) is 3.21. The molecule has 0 unspecified atom stereocenters. The van der Waals surface area contributed by atoms with Gasteiger partial charge in [-0.05, 0) is 43.7 Å². The van der Waals surface area contributed by atoms with Crippen LogP contribution >= 0.6 is 11.8 Å². The SMILES string of the molecule is CC(C)N(C(=O)CSCc1cccc(C#N)c1)c1ccccc1. The molecule has 0 fully saturated rings. The van der Waals surface area contributed by atoms with Crippen molar-refractivity contribution < 1.29 is 4.79 Å². The molecule has 0 heterocycles. The fraction of sp³-hybridized carbons (Fsp3) is 0.263. The van der Waals surface area contributed by atoms with E-state index >= 15 is 0 Å². The summed E-state index contributed by atoms with van der Waals surface area (Å²) >= 11 is 1.57. The summed E-state index contributed by atoms with van der Waals surface area (Å²) in [6.07, 6.45) is 0. The van der Waals surface area contributed by atoms with Gasteiger partial charge in [0.15, 0.2) is 0 Å². The number of carbonyl (C=O) groups is 1. The summed E-state index contributed by atoms with van der Waals surface area (Å²) in [5.41, 5.74) is 2.65. The molecule has 0 aliphatic carbocycles. The largest absolute Gasteiger partial charge is 0.309 e. The van der Waals surface area contributed by atoms with Gasteiger partial charge in [-0.3, -0.25) is 4.79 Å². The predicted octanol–water partition coefficient (Wildman–Crippen LogP) is 4.23. The number of nitriles is 1. The molecule has 4 heteroatoms. The van der Waals surface area contributed by atoms with E-state index < -0.39 is 0 Å². The van der Waals surface area contributed by atoms with Crippen molar-refractivity contribution in [2.75, 3.05) is 10.7 Å². The summed E-state index contributed by atoms with van der Waals surface area (Å²) in [4.78, 5) is 14.4. The molecule has 3 nitrogen and oxygen atoms in total. The van der Waals surface area contributed by atoms with Gasteiger partial charge < -0.3 is 4.90 Å². The van der Waals surface area contributed by atoms with Crippen LogP contribution in [0.3, 0.4) is 0 Å². The molecule has 0 N–H and O–H groups in total. The second-order valence-electron chi connectivity index (χ2n) is 5.50. The molecule has 0 radical (unpaired) electrons. The van der Waals surface area contributed by atoms with Gasteiger partial charge in [-0.1, -0.05) is 30.3 Å². The fourth-order valence-electron chi connectivity index (χ4n) is 2.38. The van der Waals surface area contributed by atoms with Crippen LogP contribution in [0.2, 0.25) is 0 Å². The van der Waals surface area contributed by atoms with Crippen molar-refractivity contribution in [3.8, 4) is 6.07 Å². The Kier molecular flexibility index (Phi) is 6.25. The van der Waals surface area contributed by atoms with E-state index in [1.165, 1.54) is 0 Å². The first-order chi connectivity index (χ1) is 11.1. The maximum absolute atomic E-state index is 12.6. The van der Waals surface area contributed by atoms with Crippen molar-refractivity contribution in [3.05, 3.63) is 65.7 Å². The number of para-hydroxylation sites is 1. The summed E-state index contributed by atoms with van der Waals surface area (Å²) in [6.45, 7) is 4.04. The number of carbonyl (C=O) groups excluding carboxylic acids is 1. The molecule has 2 aromatic carbocycles. The Morgan fingerprint density at radius 3 is 2.57 bits per heavy atom. The molecule has 0 saturated heterocycles. The highest BCUT2D eigenvalue weighted by Crippen LogP contribution is 2.20. The molecule has 23 heavy (non-hydrogen) atoms. The van der Waals surface area contributed by atoms with Crippen LogP contribution in [0.5, 0.6) is 0 Å². The summed E-state index contributed by atoms with van der Waals surface area (Å²) in [7, 11) is 0. The quantitative estimate of drug-likeness (QED) is 0.798. The van der Waals surface area contributed by atoms with Crippen molar-refractivity contribution in [1.82, 2.24) is 0 Å². The van der Waals surface area contributed by atoms with Crippen LogP contribution in [0.15, 0.2) is 54.6 Å². The normalized spacial score (nSPS) is 10.3. The van der Waals surface area contributed by atoms with Gasteiger partial charge in [0.1, 0.15) is 0 Å². The van der Waals surface area contributed by atoms with Crippen molar-refractivity contribution in [1.29, 1.82) is 5.26 Å². The number of hydrogen-bond acceptors (Lipinski definition) is 3. The second kappa shape index (κ2) is 8.40. The van der Waals surface area contributed by atoms with E-state index in [0.29, 0.717) is 11.3 Å². The molecule has 0 atom stereocenters. The van der Waals surface area contributed by atoms with Gasteiger partial charge in [0.25, 0.3) is 0 Å². The molecule has 0 bridgehead atoms. The Morgan fingerprint density at radius 2 is 1.91 bits per heavy atom. The van der Waals surface area contributed by atoms with Gasteiger partial charge in [0.2, 0.25) is 5.91 Å². The number of nitrogens with zero attached hydrogens (tertiary/aromatic N) is 2. The number of hydrogen-bond donors (Lipinski definition) is 0. The molecule has 118 valence electrons. The number of anilines is 1. The minimum absolute atomic E-state index is 0.104. The van der Waals surface area contributed by atoms with Gasteiger partial charge in [0.05, 0.1) is 17.4 Å². The Bertz CT molecular complexity index is 692. The zero-order valence-electron chi connectivity index (χ0n) is 13.4. The van der Waals surface area contributed by atoms with Crippen LogP contribution in [0.1, 0.15) is 25.0 Å². The van der Waals surface area contributed by atoms with Gasteiger partial charge in [-0.25, -0.2) is 0 Å². The van der Waals surface area contributed by atoms with Gasteiger partial charge in [-0.2, -0.15) is 5.26 Å². The van der Waals surface area contributed by atoms with Crippen LogP contribution in [0, 0.1) is 11.3 Å². The first-order valence-electron chi connectivity index (χ1n) is 7.55. The Labute approximate surface area is 141 Å². The van der Waals surface area contributed by atoms with E-state index in [2.05, 4.69) is 6.07 Å². The lowest BCUT2D eigenvalue weighted by molar-refractivity contribution is -0.116. The van der Waals surface area contributed by atoms with Crippen LogP contribution in [0.4, 0.5) is 5.69 Å². The van der Waals surface area contributed by atoms with Crippen molar-refractivity contribution in [3.63, 3.8) is 0 Å². The Morgan fingerprint density at radius 1 is 1.17 bits per heavy atom. The van der Waals surface area contributed by atoms with Crippen molar-refractivity contribution in [2.45, 2.75) is 25.6 Å². The smallest absolute Gasteiger partial charge is 0.237 e. The monoisotopic (exact) mass is 324 g/mol. The topological polar surface area (TPSA) is 44.1 Å². The van der Waals surface area contributed by atoms with Crippen molar-refractivity contribution in [2.24, 2.45) is 0 Å². The molecule has 0 saturated carbocycles. The minimum atomic E-state index is 0.104. The van der Waals surface area contributed by atoms with Gasteiger partial charge >= 0.3 is 0 Å². The first-order valence-corrected chi connectivity index (χ1v) is 8.71. The molecule has 0 aromatic heterocycles. The van der Waals surface area contributed by atoms with E-state index in [1.807, 2.05) is 67.3 Å².